The summed E-state index contributed by atoms with van der Waals surface area (Å²) in [7, 11) is -9.63. The third-order valence-electron chi connectivity index (χ3n) is 9.04. The molecule has 296 valence electrons. The van der Waals surface area contributed by atoms with Crippen molar-refractivity contribution >= 4 is 48.7 Å². The topological polar surface area (TPSA) is 360 Å². The van der Waals surface area contributed by atoms with Gasteiger partial charge in [0, 0.05) is 22.3 Å². The summed E-state index contributed by atoms with van der Waals surface area (Å²) in [5, 5.41) is 71.9. The van der Waals surface area contributed by atoms with Gasteiger partial charge in [-0.05, 0) is 55.8 Å². The van der Waals surface area contributed by atoms with Crippen LogP contribution in [0.1, 0.15) is 25.0 Å². The number of sulfonamides is 2. The lowest BCUT2D eigenvalue weighted by molar-refractivity contribution is -0.253. The highest BCUT2D eigenvalue weighted by molar-refractivity contribution is 7.90. The fourth-order valence-electron chi connectivity index (χ4n) is 5.98. The number of imidazole rings is 1. The number of aromatic nitrogens is 2. The van der Waals surface area contributed by atoms with E-state index in [1.54, 1.807) is 0 Å². The standard InChI is InChI=1S/C32H38N8O13S2/c1-32(2,31(46)35-12-23(42)38-24-26(44)25(43)21(13-41)53-30(24)45)15-10-17(16-5-3-4-6-22(16)54(49,50)39-47)27(55(51,52)40-48)18(11-15)29-36-19-8-7-14(28(33)34)9-20(19)37-29/h3-11,21,24-26,30,39-41,43-45,47-48H,12-13H2,1-2H3,(H3,33,34)(H,35,46)(H,36,37)(H,38,42). The number of aromatic amines is 1. The number of nitrogens with one attached hydrogen (secondary N) is 6. The number of amides is 2. The van der Waals surface area contributed by atoms with Crippen LogP contribution in [-0.2, 0) is 39.8 Å². The average Bonchev–Trinajstić information content (AvgIpc) is 3.60. The van der Waals surface area contributed by atoms with Crippen LogP contribution in [0.2, 0.25) is 0 Å². The smallest absolute Gasteiger partial charge is 0.263 e. The van der Waals surface area contributed by atoms with Crippen LogP contribution >= 0.6 is 0 Å². The van der Waals surface area contributed by atoms with Gasteiger partial charge >= 0.3 is 0 Å². The van der Waals surface area contributed by atoms with Gasteiger partial charge in [-0.2, -0.15) is 0 Å². The number of ether oxygens (including phenoxy) is 1. The Morgan fingerprint density at radius 1 is 0.945 bits per heavy atom. The molecule has 1 aliphatic rings. The summed E-state index contributed by atoms with van der Waals surface area (Å²) in [4.78, 5) is 35.2. The second-order valence-corrected chi connectivity index (χ2v) is 16.2. The van der Waals surface area contributed by atoms with Crippen molar-refractivity contribution < 1.29 is 62.0 Å². The number of carbonyl (C=O) groups excluding carboxylic acids is 2. The summed E-state index contributed by atoms with van der Waals surface area (Å²) in [6.45, 7) is 1.31. The summed E-state index contributed by atoms with van der Waals surface area (Å²) in [5.74, 6) is -2.21. The van der Waals surface area contributed by atoms with Gasteiger partial charge in [-0.1, -0.05) is 28.0 Å². The van der Waals surface area contributed by atoms with Crippen LogP contribution in [0.3, 0.4) is 0 Å². The number of fused-ring (bicyclic) bond motifs is 1. The van der Waals surface area contributed by atoms with E-state index in [1.807, 2.05) is 0 Å². The van der Waals surface area contributed by atoms with Crippen molar-refractivity contribution in [2.75, 3.05) is 13.2 Å². The van der Waals surface area contributed by atoms with Crippen LogP contribution in [0.15, 0.2) is 64.4 Å². The van der Waals surface area contributed by atoms with E-state index in [-0.39, 0.29) is 39.4 Å². The first kappa shape index (κ1) is 41.2. The van der Waals surface area contributed by atoms with Crippen LogP contribution in [0.5, 0.6) is 0 Å². The molecule has 1 saturated heterocycles. The van der Waals surface area contributed by atoms with Crippen molar-refractivity contribution in [3.05, 3.63) is 65.7 Å². The zero-order valence-corrected chi connectivity index (χ0v) is 30.5. The third-order valence-corrected chi connectivity index (χ3v) is 11.4. The Balaban J connectivity index is 1.63. The fourth-order valence-corrected chi connectivity index (χ4v) is 7.80. The Bertz CT molecular complexity index is 2370. The minimum absolute atomic E-state index is 0.0195. The molecular formula is C32H38N8O13S2. The number of aliphatic hydroxyl groups is 4. The Kier molecular flexibility index (Phi) is 11.8. The molecule has 0 spiro atoms. The summed E-state index contributed by atoms with van der Waals surface area (Å²) in [6.07, 6.45) is -6.57. The largest absolute Gasteiger partial charge is 0.394 e. The van der Waals surface area contributed by atoms with Gasteiger partial charge in [0.1, 0.15) is 40.9 Å². The summed E-state index contributed by atoms with van der Waals surface area (Å²) in [6, 6.07) is 10.3. The molecule has 4 aromatic rings. The van der Waals surface area contributed by atoms with E-state index in [9.17, 15) is 57.3 Å². The minimum Gasteiger partial charge on any atom is -0.394 e. The molecule has 5 rings (SSSR count). The number of hydrogen-bond acceptors (Lipinski definition) is 15. The molecule has 3 aromatic carbocycles. The Labute approximate surface area is 312 Å². The quantitative estimate of drug-likeness (QED) is 0.0388. The van der Waals surface area contributed by atoms with E-state index in [0.717, 1.165) is 6.07 Å². The SMILES string of the molecule is CC(C)(C(=O)NCC(=O)NC1C(O)OC(CO)C(O)C1O)c1cc(-c2nc3ccc(C(=N)N)cc3[nH]2)c(S(=O)(=O)NO)c(-c2ccccc2S(=O)(=O)NO)c1. The molecule has 21 nitrogen and oxygen atoms in total. The molecule has 14 N–H and O–H groups in total. The van der Waals surface area contributed by atoms with E-state index in [4.69, 9.17) is 15.9 Å². The Hall–Kier alpha value is -4.92. The molecule has 23 heteroatoms. The van der Waals surface area contributed by atoms with Gasteiger partial charge in [0.2, 0.25) is 11.8 Å². The van der Waals surface area contributed by atoms with Crippen LogP contribution in [0.25, 0.3) is 33.5 Å². The van der Waals surface area contributed by atoms with Gasteiger partial charge in [-0.25, -0.2) is 21.8 Å². The van der Waals surface area contributed by atoms with Gasteiger partial charge in [-0.15, -0.1) is 0 Å². The molecule has 1 aromatic heterocycles. The van der Waals surface area contributed by atoms with Crippen LogP contribution in [-0.4, -0.2) is 119 Å². The zero-order chi connectivity index (χ0) is 40.6. The minimum atomic E-state index is -4.94. The van der Waals surface area contributed by atoms with E-state index in [1.165, 1.54) is 72.1 Å². The maximum atomic E-state index is 13.8. The molecule has 2 amide bonds. The number of nitrogens with two attached hydrogens (primary N) is 1. The zero-order valence-electron chi connectivity index (χ0n) is 28.9. The first-order valence-electron chi connectivity index (χ1n) is 16.1. The first-order chi connectivity index (χ1) is 25.8. The fraction of sp³-hybridized carbons (Fsp3) is 0.312. The van der Waals surface area contributed by atoms with E-state index < -0.39 is 90.9 Å². The number of benzene rings is 3. The van der Waals surface area contributed by atoms with Crippen molar-refractivity contribution in [2.45, 2.75) is 59.7 Å². The maximum Gasteiger partial charge on any atom is 0.263 e. The maximum absolute atomic E-state index is 13.8. The molecule has 5 unspecified atom stereocenters. The number of nitrogens with zero attached hydrogens (tertiary/aromatic N) is 1. The lowest BCUT2D eigenvalue weighted by Crippen LogP contribution is -2.64. The predicted octanol–water partition coefficient (Wildman–Crippen LogP) is -2.17. The van der Waals surface area contributed by atoms with Crippen molar-refractivity contribution in [3.63, 3.8) is 0 Å². The van der Waals surface area contributed by atoms with Gasteiger partial charge in [0.05, 0.1) is 34.5 Å². The molecule has 1 fully saturated rings. The number of nitrogen functional groups attached to an aromatic ring is 1. The van der Waals surface area contributed by atoms with Crippen LogP contribution < -0.4 is 26.1 Å². The molecule has 55 heavy (non-hydrogen) atoms. The van der Waals surface area contributed by atoms with Crippen molar-refractivity contribution in [1.82, 2.24) is 30.4 Å². The van der Waals surface area contributed by atoms with Gasteiger partial charge in [0.25, 0.3) is 20.0 Å². The first-order valence-corrected chi connectivity index (χ1v) is 19.1. The second kappa shape index (κ2) is 15.7. The molecule has 0 radical (unpaired) electrons. The number of rotatable bonds is 13. The van der Waals surface area contributed by atoms with Crippen LogP contribution in [0.4, 0.5) is 0 Å². The molecule has 0 aliphatic carbocycles. The Morgan fingerprint density at radius 3 is 2.24 bits per heavy atom. The molecule has 0 bridgehead atoms. The summed E-state index contributed by atoms with van der Waals surface area (Å²) >= 11 is 0. The molecular weight excluding hydrogens is 769 g/mol. The predicted molar refractivity (Wildman–Crippen MR) is 190 cm³/mol. The lowest BCUT2D eigenvalue weighted by Gasteiger charge is -2.40. The van der Waals surface area contributed by atoms with Gasteiger partial charge < -0.3 is 56.9 Å². The number of H-pyrrole nitrogens is 1. The molecule has 0 saturated carbocycles. The molecule has 5 atom stereocenters. The van der Waals surface area contributed by atoms with Gasteiger partial charge in [0.15, 0.2) is 6.29 Å². The monoisotopic (exact) mass is 806 g/mol. The highest BCUT2D eigenvalue weighted by atomic mass is 32.2. The van der Waals surface area contributed by atoms with Crippen molar-refractivity contribution in [2.24, 2.45) is 5.73 Å². The number of amidine groups is 1. The normalized spacial score (nSPS) is 20.6. The summed E-state index contributed by atoms with van der Waals surface area (Å²) < 4.78 is 58.3. The molecule has 2 heterocycles. The second-order valence-electron chi connectivity index (χ2n) is 12.9. The highest BCUT2D eigenvalue weighted by Crippen LogP contribution is 2.42. The van der Waals surface area contributed by atoms with E-state index in [2.05, 4.69) is 20.6 Å². The van der Waals surface area contributed by atoms with Gasteiger partial charge in [-0.3, -0.25) is 15.0 Å². The van der Waals surface area contributed by atoms with E-state index in [0.29, 0.717) is 11.1 Å². The van der Waals surface area contributed by atoms with Crippen molar-refractivity contribution in [3.8, 4) is 22.5 Å². The third kappa shape index (κ3) is 8.07. The van der Waals surface area contributed by atoms with Crippen LogP contribution in [0, 0.1) is 5.41 Å². The number of hydrogen-bond donors (Lipinski definition) is 13. The van der Waals surface area contributed by atoms with E-state index >= 15 is 0 Å². The summed E-state index contributed by atoms with van der Waals surface area (Å²) in [5.41, 5.74) is 3.87. The average molecular weight is 807 g/mol. The lowest BCUT2D eigenvalue weighted by atomic mass is 9.81. The molecule has 1 aliphatic heterocycles. The number of carbonyl (C=O) groups is 2. The van der Waals surface area contributed by atoms with Crippen molar-refractivity contribution in [1.29, 1.82) is 5.41 Å². The Morgan fingerprint density at radius 2 is 1.60 bits per heavy atom. The number of aliphatic hydroxyl groups excluding tert-OH is 4. The highest BCUT2D eigenvalue weighted by Gasteiger charge is 2.44.